The third-order valence-electron chi connectivity index (χ3n) is 0. The number of aliphatic carboxylic acids is 1. The van der Waals surface area contributed by atoms with Crippen LogP contribution in [0.4, 0.5) is 0 Å². The fourth-order valence-electron chi connectivity index (χ4n) is 0. The van der Waals surface area contributed by atoms with E-state index in [1.54, 1.807) is 0 Å². The number of carboxylic acids is 1. The molecule has 2 nitrogen and oxygen atoms in total. The summed E-state index contributed by atoms with van der Waals surface area (Å²) in [6.45, 7) is 13.1. The molecule has 0 aromatic carbocycles. The largest absolute Gasteiger partial charge is 0.481 e. The van der Waals surface area contributed by atoms with Crippen molar-refractivity contribution in [1.82, 2.24) is 0 Å². The highest BCUT2D eigenvalue weighted by atomic mass is 16.4. The van der Waals surface area contributed by atoms with Crippen LogP contribution < -0.4 is 0 Å². The number of rotatable bonds is 0. The van der Waals surface area contributed by atoms with Crippen LogP contribution in [0, 0.1) is 0 Å². The Morgan fingerprint density at radius 2 is 0.900 bits per heavy atom. The van der Waals surface area contributed by atoms with E-state index < -0.39 is 5.97 Å². The molecule has 0 bridgehead atoms. The Bertz CT molecular complexity index is 30.2. The van der Waals surface area contributed by atoms with Crippen LogP contribution >= 0.6 is 0 Å². The van der Waals surface area contributed by atoms with Crippen LogP contribution in [0.2, 0.25) is 0 Å². The van der Waals surface area contributed by atoms with E-state index in [9.17, 15) is 0 Å². The first kappa shape index (κ1) is 22.7. The molecule has 0 aliphatic carbocycles. The van der Waals surface area contributed by atoms with Gasteiger partial charge in [0.1, 0.15) is 0 Å². The maximum Gasteiger partial charge on any atom is 0.300 e. The quantitative estimate of drug-likeness (QED) is 0.576. The van der Waals surface area contributed by atoms with E-state index in [-0.39, 0.29) is 0 Å². The van der Waals surface area contributed by atoms with Crippen molar-refractivity contribution in [3.05, 3.63) is 0 Å². The molecule has 0 saturated heterocycles. The van der Waals surface area contributed by atoms with Crippen molar-refractivity contribution >= 4 is 5.97 Å². The smallest absolute Gasteiger partial charge is 0.300 e. The summed E-state index contributed by atoms with van der Waals surface area (Å²) in [7, 11) is 0. The molecule has 0 unspecified atom stereocenters. The van der Waals surface area contributed by atoms with Crippen LogP contribution in [-0.4, -0.2) is 11.1 Å². The second kappa shape index (κ2) is 77.5. The first-order valence-electron chi connectivity index (χ1n) is 3.93. The Hall–Kier alpha value is -0.530. The zero-order valence-electron chi connectivity index (χ0n) is 8.36. The maximum absolute atomic E-state index is 9.00. The molecule has 0 aromatic heterocycles. The van der Waals surface area contributed by atoms with E-state index in [0.29, 0.717) is 0 Å². The van der Waals surface area contributed by atoms with Crippen molar-refractivity contribution in [2.75, 3.05) is 0 Å². The molecule has 0 aliphatic heterocycles. The van der Waals surface area contributed by atoms with Gasteiger partial charge in [0.05, 0.1) is 0 Å². The van der Waals surface area contributed by atoms with Gasteiger partial charge < -0.3 is 5.11 Å². The molecular formula is C8H22O2. The third-order valence-corrected chi connectivity index (χ3v) is 0. The zero-order chi connectivity index (χ0) is 9.58. The Kier molecular flexibility index (Phi) is 176. The average Bonchev–Trinajstić information content (AvgIpc) is 1.98. The number of carbonyl (C=O) groups is 1. The van der Waals surface area contributed by atoms with Crippen molar-refractivity contribution < 1.29 is 9.90 Å². The van der Waals surface area contributed by atoms with E-state index in [0.717, 1.165) is 6.92 Å². The highest BCUT2D eigenvalue weighted by Gasteiger charge is 1.65. The summed E-state index contributed by atoms with van der Waals surface area (Å²) in [6.07, 6.45) is 0. The molecule has 2 heteroatoms. The zero-order valence-corrected chi connectivity index (χ0v) is 8.36. The summed E-state index contributed by atoms with van der Waals surface area (Å²) in [6, 6.07) is 0. The van der Waals surface area contributed by atoms with E-state index in [2.05, 4.69) is 0 Å². The normalized spacial score (nSPS) is 4.30. The van der Waals surface area contributed by atoms with Crippen LogP contribution in [0.3, 0.4) is 0 Å². The molecule has 10 heavy (non-hydrogen) atoms. The molecule has 1 N–H and O–H groups in total. The predicted molar refractivity (Wildman–Crippen MR) is 47.4 cm³/mol. The van der Waals surface area contributed by atoms with E-state index in [1.165, 1.54) is 0 Å². The lowest BCUT2D eigenvalue weighted by Crippen LogP contribution is -1.78. The molecule has 0 fully saturated rings. The summed E-state index contributed by atoms with van der Waals surface area (Å²) in [5, 5.41) is 7.42. The SMILES string of the molecule is CC.CC.CC.CC(=O)O. The minimum absolute atomic E-state index is 0.833. The van der Waals surface area contributed by atoms with E-state index >= 15 is 0 Å². The lowest BCUT2D eigenvalue weighted by molar-refractivity contribution is -0.134. The molecule has 0 atom stereocenters. The van der Waals surface area contributed by atoms with Gasteiger partial charge in [-0.25, -0.2) is 0 Å². The van der Waals surface area contributed by atoms with Gasteiger partial charge in [-0.05, 0) is 0 Å². The summed E-state index contributed by atoms with van der Waals surface area (Å²) < 4.78 is 0. The van der Waals surface area contributed by atoms with Crippen molar-refractivity contribution in [1.29, 1.82) is 0 Å². The lowest BCUT2D eigenvalue weighted by atomic mass is 10.9. The van der Waals surface area contributed by atoms with Crippen molar-refractivity contribution in [3.8, 4) is 0 Å². The molecule has 0 rings (SSSR count). The molecule has 0 aromatic rings. The number of hydrogen-bond donors (Lipinski definition) is 1. The minimum Gasteiger partial charge on any atom is -0.481 e. The standard InChI is InChI=1S/C2H4O2.3C2H6/c1-2(3)4;3*1-2/h1H3,(H,3,4);3*1-2H3. The monoisotopic (exact) mass is 150 g/mol. The Balaban J connectivity index is -0.0000000262. The second-order valence-electron chi connectivity index (χ2n) is 0.519. The van der Waals surface area contributed by atoms with Crippen LogP contribution in [0.25, 0.3) is 0 Å². The fourth-order valence-corrected chi connectivity index (χ4v) is 0. The molecule has 0 aliphatic rings. The van der Waals surface area contributed by atoms with Crippen LogP contribution in [-0.2, 0) is 4.79 Å². The van der Waals surface area contributed by atoms with Gasteiger partial charge >= 0.3 is 0 Å². The summed E-state index contributed by atoms with van der Waals surface area (Å²) >= 11 is 0. The van der Waals surface area contributed by atoms with Crippen molar-refractivity contribution in [2.24, 2.45) is 0 Å². The van der Waals surface area contributed by atoms with Crippen molar-refractivity contribution in [2.45, 2.75) is 48.5 Å². The van der Waals surface area contributed by atoms with Gasteiger partial charge in [0.15, 0.2) is 0 Å². The predicted octanol–water partition coefficient (Wildman–Crippen LogP) is 3.17. The van der Waals surface area contributed by atoms with Gasteiger partial charge in [0.2, 0.25) is 0 Å². The minimum atomic E-state index is -0.833. The molecule has 0 heterocycles. The molecule has 66 valence electrons. The number of hydrogen-bond acceptors (Lipinski definition) is 1. The highest BCUT2D eigenvalue weighted by molar-refractivity contribution is 5.62. The molecule has 0 saturated carbocycles. The summed E-state index contributed by atoms with van der Waals surface area (Å²) in [5.41, 5.74) is 0. The van der Waals surface area contributed by atoms with E-state index in [1.807, 2.05) is 41.5 Å². The highest BCUT2D eigenvalue weighted by Crippen LogP contribution is 1.42. The second-order valence-corrected chi connectivity index (χ2v) is 0.519. The molecular weight excluding hydrogens is 128 g/mol. The van der Waals surface area contributed by atoms with Gasteiger partial charge in [-0.1, -0.05) is 41.5 Å². The summed E-state index contributed by atoms with van der Waals surface area (Å²) in [5.74, 6) is -0.833. The fraction of sp³-hybridized carbons (Fsp3) is 0.875. The third kappa shape index (κ3) is 1110. The van der Waals surface area contributed by atoms with Crippen molar-refractivity contribution in [3.63, 3.8) is 0 Å². The Morgan fingerprint density at radius 1 is 0.900 bits per heavy atom. The van der Waals surface area contributed by atoms with E-state index in [4.69, 9.17) is 9.90 Å². The van der Waals surface area contributed by atoms with Crippen LogP contribution in [0.5, 0.6) is 0 Å². The van der Waals surface area contributed by atoms with Gasteiger partial charge in [0, 0.05) is 6.92 Å². The van der Waals surface area contributed by atoms with Gasteiger partial charge in [0.25, 0.3) is 5.97 Å². The topological polar surface area (TPSA) is 37.3 Å². The Labute approximate surface area is 65.3 Å². The maximum atomic E-state index is 9.00. The first-order chi connectivity index (χ1) is 4.73. The average molecular weight is 150 g/mol. The van der Waals surface area contributed by atoms with Gasteiger partial charge in [-0.15, -0.1) is 0 Å². The summed E-state index contributed by atoms with van der Waals surface area (Å²) in [4.78, 5) is 9.00. The molecule has 0 amide bonds. The first-order valence-corrected chi connectivity index (χ1v) is 3.93. The van der Waals surface area contributed by atoms with Gasteiger partial charge in [-0.3, -0.25) is 4.79 Å². The lowest BCUT2D eigenvalue weighted by Gasteiger charge is -1.59. The van der Waals surface area contributed by atoms with Gasteiger partial charge in [-0.2, -0.15) is 0 Å². The molecule has 0 radical (unpaired) electrons. The number of carboxylic acid groups (broad SMARTS) is 1. The molecule has 0 spiro atoms. The Morgan fingerprint density at radius 3 is 0.900 bits per heavy atom. The van der Waals surface area contributed by atoms with Crippen LogP contribution in [0.15, 0.2) is 0 Å². The van der Waals surface area contributed by atoms with Crippen LogP contribution in [0.1, 0.15) is 48.5 Å².